The summed E-state index contributed by atoms with van der Waals surface area (Å²) >= 11 is 1.63. The van der Waals surface area contributed by atoms with E-state index >= 15 is 0 Å². The van der Waals surface area contributed by atoms with Crippen molar-refractivity contribution in [1.82, 2.24) is 0 Å². The van der Waals surface area contributed by atoms with Gasteiger partial charge in [0.2, 0.25) is 5.91 Å². The maximum atomic E-state index is 13.0. The number of anilines is 3. The van der Waals surface area contributed by atoms with Crippen molar-refractivity contribution in [2.45, 2.75) is 16.7 Å². The Morgan fingerprint density at radius 2 is 1.41 bits per heavy atom. The third kappa shape index (κ3) is 3.52. The van der Waals surface area contributed by atoms with Gasteiger partial charge in [-0.1, -0.05) is 36.0 Å². The molecule has 6 heteroatoms. The lowest BCUT2D eigenvalue weighted by Gasteiger charge is -2.30. The zero-order valence-electron chi connectivity index (χ0n) is 14.5. The van der Waals surface area contributed by atoms with Gasteiger partial charge in [-0.05, 0) is 48.5 Å². The van der Waals surface area contributed by atoms with E-state index in [9.17, 15) is 9.59 Å². The third-order valence-corrected chi connectivity index (χ3v) is 5.12. The SMILES string of the molecule is CC(=O)Nc1ccc(OC(=O)N2c3ccccc3Sc3ccccc32)cc1. The molecule has 4 rings (SSSR count). The van der Waals surface area contributed by atoms with Crippen molar-refractivity contribution in [2.75, 3.05) is 10.2 Å². The number of rotatable bonds is 2. The molecular weight excluding hydrogens is 360 g/mol. The molecule has 0 fully saturated rings. The number of nitrogens with zero attached hydrogens (tertiary/aromatic N) is 1. The van der Waals surface area contributed by atoms with E-state index in [0.717, 1.165) is 21.2 Å². The van der Waals surface area contributed by atoms with Gasteiger partial charge in [0.25, 0.3) is 0 Å². The van der Waals surface area contributed by atoms with Crippen molar-refractivity contribution in [3.63, 3.8) is 0 Å². The predicted molar refractivity (Wildman–Crippen MR) is 106 cm³/mol. The molecule has 1 aliphatic heterocycles. The molecular formula is C21H16N2O3S. The van der Waals surface area contributed by atoms with Crippen LogP contribution in [0.5, 0.6) is 5.75 Å². The minimum atomic E-state index is -0.484. The van der Waals surface area contributed by atoms with Crippen molar-refractivity contribution in [2.24, 2.45) is 0 Å². The molecule has 0 aliphatic carbocycles. The van der Waals surface area contributed by atoms with E-state index in [2.05, 4.69) is 5.32 Å². The molecule has 1 N–H and O–H groups in total. The first kappa shape index (κ1) is 17.2. The average molecular weight is 376 g/mol. The van der Waals surface area contributed by atoms with Crippen LogP contribution in [0.3, 0.4) is 0 Å². The monoisotopic (exact) mass is 376 g/mol. The summed E-state index contributed by atoms with van der Waals surface area (Å²) in [4.78, 5) is 27.7. The zero-order chi connectivity index (χ0) is 18.8. The highest BCUT2D eigenvalue weighted by Gasteiger charge is 2.29. The highest BCUT2D eigenvalue weighted by atomic mass is 32.2. The highest BCUT2D eigenvalue weighted by Crippen LogP contribution is 2.48. The lowest BCUT2D eigenvalue weighted by atomic mass is 10.2. The summed E-state index contributed by atoms with van der Waals surface area (Å²) in [7, 11) is 0. The number of hydrogen-bond donors (Lipinski definition) is 1. The first-order valence-electron chi connectivity index (χ1n) is 8.37. The van der Waals surface area contributed by atoms with Gasteiger partial charge in [0.1, 0.15) is 5.75 Å². The van der Waals surface area contributed by atoms with Gasteiger partial charge in [-0.25, -0.2) is 9.69 Å². The number of fused-ring (bicyclic) bond motifs is 2. The third-order valence-electron chi connectivity index (χ3n) is 3.99. The summed E-state index contributed by atoms with van der Waals surface area (Å²) in [5.41, 5.74) is 2.23. The van der Waals surface area contributed by atoms with Crippen LogP contribution < -0.4 is 15.0 Å². The van der Waals surface area contributed by atoms with Crippen LogP contribution >= 0.6 is 11.8 Å². The maximum Gasteiger partial charge on any atom is 0.424 e. The largest absolute Gasteiger partial charge is 0.424 e. The van der Waals surface area contributed by atoms with Crippen LogP contribution in [0, 0.1) is 0 Å². The van der Waals surface area contributed by atoms with Crippen molar-refractivity contribution in [1.29, 1.82) is 0 Å². The molecule has 0 bridgehead atoms. The standard InChI is InChI=1S/C21H16N2O3S/c1-14(24)22-15-10-12-16(13-11-15)26-21(25)23-17-6-2-4-8-19(17)27-20-9-5-3-7-18(20)23/h2-13H,1H3,(H,22,24). The Morgan fingerprint density at radius 1 is 0.852 bits per heavy atom. The van der Waals surface area contributed by atoms with Crippen LogP contribution in [-0.2, 0) is 4.79 Å². The Morgan fingerprint density at radius 3 is 1.96 bits per heavy atom. The molecule has 0 saturated carbocycles. The molecule has 5 nitrogen and oxygen atoms in total. The van der Waals surface area contributed by atoms with E-state index < -0.39 is 6.09 Å². The normalized spacial score (nSPS) is 12.0. The van der Waals surface area contributed by atoms with E-state index in [1.165, 1.54) is 6.92 Å². The molecule has 0 radical (unpaired) electrons. The topological polar surface area (TPSA) is 58.6 Å². The minimum absolute atomic E-state index is 0.154. The molecule has 2 amide bonds. The summed E-state index contributed by atoms with van der Waals surface area (Å²) in [6, 6.07) is 22.2. The fourth-order valence-corrected chi connectivity index (χ4v) is 3.92. The summed E-state index contributed by atoms with van der Waals surface area (Å²) in [6.45, 7) is 1.44. The molecule has 1 aliphatic rings. The Balaban J connectivity index is 1.63. The molecule has 1 heterocycles. The Kier molecular flexibility index (Phi) is 4.56. The van der Waals surface area contributed by atoms with Crippen LogP contribution in [0.25, 0.3) is 0 Å². The van der Waals surface area contributed by atoms with Crippen molar-refractivity contribution in [3.8, 4) is 5.75 Å². The molecule has 0 atom stereocenters. The second kappa shape index (κ2) is 7.17. The van der Waals surface area contributed by atoms with E-state index in [1.807, 2.05) is 48.5 Å². The van der Waals surface area contributed by atoms with E-state index in [4.69, 9.17) is 4.74 Å². The average Bonchev–Trinajstić information content (AvgIpc) is 2.67. The lowest BCUT2D eigenvalue weighted by molar-refractivity contribution is -0.114. The molecule has 134 valence electrons. The maximum absolute atomic E-state index is 13.0. The summed E-state index contributed by atoms with van der Waals surface area (Å²) in [6.07, 6.45) is -0.484. The molecule has 3 aromatic carbocycles. The minimum Gasteiger partial charge on any atom is -0.410 e. The fourth-order valence-electron chi connectivity index (χ4n) is 2.86. The summed E-state index contributed by atoms with van der Waals surface area (Å²) < 4.78 is 5.59. The smallest absolute Gasteiger partial charge is 0.410 e. The fraction of sp³-hybridized carbons (Fsp3) is 0.0476. The molecule has 27 heavy (non-hydrogen) atoms. The quantitative estimate of drug-likeness (QED) is 0.646. The Labute approximate surface area is 161 Å². The van der Waals surface area contributed by atoms with E-state index in [0.29, 0.717) is 11.4 Å². The zero-order valence-corrected chi connectivity index (χ0v) is 15.3. The number of amides is 2. The van der Waals surface area contributed by atoms with Crippen LogP contribution in [0.4, 0.5) is 21.9 Å². The second-order valence-electron chi connectivity index (χ2n) is 5.95. The number of ether oxygens (including phenoxy) is 1. The van der Waals surface area contributed by atoms with E-state index in [1.54, 1.807) is 40.9 Å². The molecule has 0 spiro atoms. The number of hydrogen-bond acceptors (Lipinski definition) is 4. The summed E-state index contributed by atoms with van der Waals surface area (Å²) in [5.74, 6) is 0.251. The number of carbonyl (C=O) groups is 2. The van der Waals surface area contributed by atoms with Gasteiger partial charge in [-0.15, -0.1) is 0 Å². The summed E-state index contributed by atoms with van der Waals surface area (Å²) in [5, 5.41) is 2.68. The number of para-hydroxylation sites is 2. The van der Waals surface area contributed by atoms with Crippen molar-refractivity contribution in [3.05, 3.63) is 72.8 Å². The molecule has 0 saturated heterocycles. The van der Waals surface area contributed by atoms with Gasteiger partial charge < -0.3 is 10.1 Å². The molecule has 0 aromatic heterocycles. The molecule has 3 aromatic rings. The Bertz CT molecular complexity index is 972. The van der Waals surface area contributed by atoms with Gasteiger partial charge in [-0.3, -0.25) is 4.79 Å². The van der Waals surface area contributed by atoms with Crippen LogP contribution in [0.15, 0.2) is 82.6 Å². The number of nitrogens with one attached hydrogen (secondary N) is 1. The van der Waals surface area contributed by atoms with E-state index in [-0.39, 0.29) is 5.91 Å². The van der Waals surface area contributed by atoms with Gasteiger partial charge in [-0.2, -0.15) is 0 Å². The van der Waals surface area contributed by atoms with Gasteiger partial charge in [0, 0.05) is 22.4 Å². The number of carbonyl (C=O) groups excluding carboxylic acids is 2. The van der Waals surface area contributed by atoms with Crippen LogP contribution in [0.2, 0.25) is 0 Å². The van der Waals surface area contributed by atoms with Crippen molar-refractivity contribution >= 4 is 40.8 Å². The predicted octanol–water partition coefficient (Wildman–Crippen LogP) is 5.45. The van der Waals surface area contributed by atoms with Crippen LogP contribution in [-0.4, -0.2) is 12.0 Å². The number of benzene rings is 3. The molecule has 0 unspecified atom stereocenters. The van der Waals surface area contributed by atoms with Gasteiger partial charge in [0.05, 0.1) is 11.4 Å². The highest BCUT2D eigenvalue weighted by molar-refractivity contribution is 7.99. The lowest BCUT2D eigenvalue weighted by Crippen LogP contribution is -2.31. The van der Waals surface area contributed by atoms with Gasteiger partial charge >= 0.3 is 6.09 Å². The second-order valence-corrected chi connectivity index (χ2v) is 7.03. The van der Waals surface area contributed by atoms with Crippen molar-refractivity contribution < 1.29 is 14.3 Å². The first-order chi connectivity index (χ1) is 13.1. The Hall–Kier alpha value is -3.25. The van der Waals surface area contributed by atoms with Crippen LogP contribution in [0.1, 0.15) is 6.92 Å². The van der Waals surface area contributed by atoms with Gasteiger partial charge in [0.15, 0.2) is 0 Å². The first-order valence-corrected chi connectivity index (χ1v) is 9.19.